The van der Waals surface area contributed by atoms with Gasteiger partial charge in [0.2, 0.25) is 11.8 Å². The highest BCUT2D eigenvalue weighted by Crippen LogP contribution is 2.65. The average molecular weight is 593 g/mol. The molecule has 4 amide bonds. The minimum atomic E-state index is -1.45. The van der Waals surface area contributed by atoms with E-state index in [-0.39, 0.29) is 46.3 Å². The molecule has 6 atom stereocenters. The van der Waals surface area contributed by atoms with Crippen molar-refractivity contribution in [2.24, 2.45) is 34.3 Å². The summed E-state index contributed by atoms with van der Waals surface area (Å²) < 4.78 is 0. The van der Waals surface area contributed by atoms with E-state index >= 15 is 0 Å². The van der Waals surface area contributed by atoms with Crippen LogP contribution in [-0.2, 0) is 9.59 Å². The molecule has 4 fully saturated rings. The van der Waals surface area contributed by atoms with Gasteiger partial charge in [-0.05, 0) is 54.1 Å². The predicted molar refractivity (Wildman–Crippen MR) is 163 cm³/mol. The number of thioether (sulfide) groups is 1. The Labute approximate surface area is 249 Å². The molecular formula is C30H52N6O4S. The van der Waals surface area contributed by atoms with Crippen LogP contribution in [0.4, 0.5) is 4.79 Å². The summed E-state index contributed by atoms with van der Waals surface area (Å²) in [5.41, 5.74) is 4.56. The van der Waals surface area contributed by atoms with E-state index in [1.165, 1.54) is 6.42 Å². The van der Waals surface area contributed by atoms with Gasteiger partial charge in [0.25, 0.3) is 0 Å². The van der Waals surface area contributed by atoms with E-state index in [2.05, 4.69) is 29.8 Å². The van der Waals surface area contributed by atoms with Crippen molar-refractivity contribution in [3.8, 4) is 0 Å². The number of urea groups is 1. The molecule has 4 rings (SSSR count). The van der Waals surface area contributed by atoms with Crippen molar-refractivity contribution in [2.45, 2.75) is 116 Å². The first kappa shape index (κ1) is 32.1. The quantitative estimate of drug-likeness (QED) is 0.160. The lowest BCUT2D eigenvalue weighted by atomic mass is 9.83. The highest BCUT2D eigenvalue weighted by atomic mass is 32.2. The molecule has 1 heterocycles. The number of hydrogen-bond acceptors (Lipinski definition) is 7. The third kappa shape index (κ3) is 7.04. The number of fused-ring (bicyclic) bond motifs is 1. The van der Waals surface area contributed by atoms with E-state index in [1.54, 1.807) is 16.7 Å². The fourth-order valence-corrected chi connectivity index (χ4v) is 8.17. The summed E-state index contributed by atoms with van der Waals surface area (Å²) in [6, 6.07) is -2.53. The van der Waals surface area contributed by atoms with Gasteiger partial charge < -0.3 is 37.1 Å². The Hall–Kier alpha value is -1.85. The van der Waals surface area contributed by atoms with E-state index in [9.17, 15) is 19.5 Å². The first-order chi connectivity index (χ1) is 19.1. The average Bonchev–Trinajstić information content (AvgIpc) is 3.73. The standard InChI is InChI=1S/C30H52N6O4S/c1-28(2,3)23(34-27(40)35-30(16-41-6)12-8-7-9-13-30)26(39)36-15-18-20(29(18,4)5)22(36)25(38)33-19(14-17-10-11-17)21(31)24(32)37/h17-20,22-24,31,37H,7-16,32H2,1-6H3,(H,33,38)(H2,34,35,40)/t18?,19?,20?,22-,23+,24?/m0/s1. The van der Waals surface area contributed by atoms with Crippen molar-refractivity contribution in [3.63, 3.8) is 0 Å². The van der Waals surface area contributed by atoms with Crippen molar-refractivity contribution in [2.75, 3.05) is 18.6 Å². The summed E-state index contributed by atoms with van der Waals surface area (Å²) >= 11 is 1.72. The van der Waals surface area contributed by atoms with Gasteiger partial charge in [-0.15, -0.1) is 0 Å². The van der Waals surface area contributed by atoms with Crippen LogP contribution in [0.25, 0.3) is 0 Å². The van der Waals surface area contributed by atoms with Crippen LogP contribution in [0.5, 0.6) is 0 Å². The number of carbonyl (C=O) groups excluding carboxylic acids is 3. The SMILES string of the molecule is CSCC1(NC(=O)N[C@H](C(=O)N2CC3C([C@H]2C(=O)NC(CC2CC2)C(=N)C(N)O)C3(C)C)C(C)(C)C)CCCCC1. The lowest BCUT2D eigenvalue weighted by Crippen LogP contribution is -2.63. The van der Waals surface area contributed by atoms with Crippen LogP contribution in [0, 0.1) is 34.0 Å². The molecule has 0 aromatic heterocycles. The summed E-state index contributed by atoms with van der Waals surface area (Å²) in [4.78, 5) is 43.2. The molecule has 1 saturated heterocycles. The predicted octanol–water partition coefficient (Wildman–Crippen LogP) is 2.83. The molecule has 0 bridgehead atoms. The maximum atomic E-state index is 14.2. The molecule has 41 heavy (non-hydrogen) atoms. The molecule has 11 heteroatoms. The van der Waals surface area contributed by atoms with Gasteiger partial charge in [-0.3, -0.25) is 9.59 Å². The van der Waals surface area contributed by atoms with E-state index in [0.717, 1.165) is 44.3 Å². The van der Waals surface area contributed by atoms with Crippen LogP contribution in [-0.4, -0.2) is 82.0 Å². The van der Waals surface area contributed by atoms with Crippen molar-refractivity contribution in [3.05, 3.63) is 0 Å². The largest absolute Gasteiger partial charge is 0.373 e. The van der Waals surface area contributed by atoms with Gasteiger partial charge in [-0.1, -0.05) is 66.7 Å². The summed E-state index contributed by atoms with van der Waals surface area (Å²) in [5, 5.41) is 27.4. The number of nitrogens with two attached hydrogens (primary N) is 1. The molecule has 7 N–H and O–H groups in total. The number of aliphatic hydroxyl groups excluding tert-OH is 1. The Morgan fingerprint density at radius 1 is 1.12 bits per heavy atom. The fraction of sp³-hybridized carbons (Fsp3) is 0.867. The number of carbonyl (C=O) groups is 3. The van der Waals surface area contributed by atoms with Gasteiger partial charge in [-0.25, -0.2) is 4.79 Å². The first-order valence-corrected chi connectivity index (χ1v) is 16.7. The van der Waals surface area contributed by atoms with E-state index in [4.69, 9.17) is 11.1 Å². The Balaban J connectivity index is 1.52. The lowest BCUT2D eigenvalue weighted by molar-refractivity contribution is -0.143. The zero-order valence-corrected chi connectivity index (χ0v) is 26.5. The second kappa shape index (κ2) is 12.0. The van der Waals surface area contributed by atoms with Crippen molar-refractivity contribution in [1.29, 1.82) is 5.41 Å². The zero-order chi connectivity index (χ0) is 30.3. The molecule has 4 aliphatic rings. The van der Waals surface area contributed by atoms with Crippen LogP contribution >= 0.6 is 11.8 Å². The van der Waals surface area contributed by atoms with Crippen LogP contribution in [0.3, 0.4) is 0 Å². The maximum absolute atomic E-state index is 14.2. The number of aliphatic hydroxyl groups is 1. The molecule has 1 aliphatic heterocycles. The second-order valence-electron chi connectivity index (χ2n) is 14.7. The Bertz CT molecular complexity index is 1010. The Morgan fingerprint density at radius 3 is 2.29 bits per heavy atom. The molecule has 0 radical (unpaired) electrons. The first-order valence-electron chi connectivity index (χ1n) is 15.3. The number of rotatable bonds is 11. The minimum absolute atomic E-state index is 0.00783. The fourth-order valence-electron chi connectivity index (χ4n) is 7.26. The maximum Gasteiger partial charge on any atom is 0.315 e. The summed E-state index contributed by atoms with van der Waals surface area (Å²) in [7, 11) is 0. The normalized spacial score (nSPS) is 28.6. The van der Waals surface area contributed by atoms with Crippen molar-refractivity contribution in [1.82, 2.24) is 20.9 Å². The smallest absolute Gasteiger partial charge is 0.315 e. The number of likely N-dealkylation sites (tertiary alicyclic amines) is 1. The highest BCUT2D eigenvalue weighted by Gasteiger charge is 2.70. The Kier molecular flexibility index (Phi) is 9.41. The van der Waals surface area contributed by atoms with Gasteiger partial charge in [0, 0.05) is 12.3 Å². The molecule has 0 spiro atoms. The minimum Gasteiger partial charge on any atom is -0.373 e. The zero-order valence-electron chi connectivity index (χ0n) is 25.7. The molecule has 3 aliphatic carbocycles. The lowest BCUT2D eigenvalue weighted by Gasteiger charge is -2.40. The van der Waals surface area contributed by atoms with Crippen LogP contribution in [0.1, 0.15) is 86.0 Å². The van der Waals surface area contributed by atoms with E-state index in [0.29, 0.717) is 18.9 Å². The molecule has 10 nitrogen and oxygen atoms in total. The van der Waals surface area contributed by atoms with Crippen molar-refractivity contribution < 1.29 is 19.5 Å². The monoisotopic (exact) mass is 592 g/mol. The van der Waals surface area contributed by atoms with Gasteiger partial charge in [0.05, 0.1) is 17.3 Å². The summed E-state index contributed by atoms with van der Waals surface area (Å²) in [6.07, 6.45) is 8.40. The third-order valence-electron chi connectivity index (χ3n) is 10.0. The number of hydrogen-bond donors (Lipinski definition) is 6. The third-order valence-corrected chi connectivity index (χ3v) is 10.9. The molecule has 3 saturated carbocycles. The van der Waals surface area contributed by atoms with Gasteiger partial charge in [-0.2, -0.15) is 11.8 Å². The molecule has 4 unspecified atom stereocenters. The van der Waals surface area contributed by atoms with Gasteiger partial charge in [0.15, 0.2) is 0 Å². The van der Waals surface area contributed by atoms with Crippen LogP contribution in [0.2, 0.25) is 0 Å². The summed E-state index contributed by atoms with van der Waals surface area (Å²) in [6.45, 7) is 10.5. The highest BCUT2D eigenvalue weighted by molar-refractivity contribution is 7.98. The number of nitrogens with zero attached hydrogens (tertiary/aromatic N) is 1. The summed E-state index contributed by atoms with van der Waals surface area (Å²) in [5.74, 6) is 0.835. The van der Waals surface area contributed by atoms with E-state index in [1.807, 2.05) is 27.0 Å². The molecule has 0 aromatic rings. The van der Waals surface area contributed by atoms with Crippen LogP contribution < -0.4 is 21.7 Å². The van der Waals surface area contributed by atoms with Crippen molar-refractivity contribution >= 4 is 35.3 Å². The number of piperidine rings is 1. The second-order valence-corrected chi connectivity index (χ2v) is 15.6. The number of nitrogens with one attached hydrogen (secondary N) is 4. The van der Waals surface area contributed by atoms with Gasteiger partial charge >= 0.3 is 6.03 Å². The number of amides is 4. The molecule has 232 valence electrons. The Morgan fingerprint density at radius 2 is 1.76 bits per heavy atom. The molecule has 0 aromatic carbocycles. The van der Waals surface area contributed by atoms with Gasteiger partial charge in [0.1, 0.15) is 18.3 Å². The topological polar surface area (TPSA) is 161 Å². The van der Waals surface area contributed by atoms with Crippen LogP contribution in [0.15, 0.2) is 0 Å². The molecular weight excluding hydrogens is 540 g/mol. The van der Waals surface area contributed by atoms with E-state index < -0.39 is 29.8 Å².